The first kappa shape index (κ1) is 14.5. The number of benzene rings is 1. The Balaban J connectivity index is 2.75. The molecule has 1 atom stereocenters. The van der Waals surface area contributed by atoms with Crippen molar-refractivity contribution in [3.8, 4) is 0 Å². The van der Waals surface area contributed by atoms with Crippen molar-refractivity contribution in [2.75, 3.05) is 6.54 Å². The summed E-state index contributed by atoms with van der Waals surface area (Å²) in [7, 11) is 0. The first-order chi connectivity index (χ1) is 7.94. The standard InChI is InChI=1S/C12H15BrF3N/c1-2-17-11(7-8-12(14,15)16)9-5-3-4-6-10(9)13/h3-6,11,17H,2,7-8H2,1H3. The van der Waals surface area contributed by atoms with Gasteiger partial charge in [0.25, 0.3) is 0 Å². The summed E-state index contributed by atoms with van der Waals surface area (Å²) in [5.41, 5.74) is 0.874. The van der Waals surface area contributed by atoms with Crippen molar-refractivity contribution in [3.05, 3.63) is 34.3 Å². The molecule has 1 nitrogen and oxygen atoms in total. The molecule has 0 aliphatic heterocycles. The summed E-state index contributed by atoms with van der Waals surface area (Å²) in [6.07, 6.45) is -4.82. The van der Waals surface area contributed by atoms with E-state index in [0.29, 0.717) is 6.54 Å². The van der Waals surface area contributed by atoms with Gasteiger partial charge in [-0.2, -0.15) is 13.2 Å². The molecule has 1 aromatic carbocycles. The highest BCUT2D eigenvalue weighted by molar-refractivity contribution is 9.10. The van der Waals surface area contributed by atoms with Crippen LogP contribution in [0.15, 0.2) is 28.7 Å². The molecule has 17 heavy (non-hydrogen) atoms. The van der Waals surface area contributed by atoms with E-state index < -0.39 is 12.6 Å². The van der Waals surface area contributed by atoms with Crippen LogP contribution in [-0.2, 0) is 0 Å². The monoisotopic (exact) mass is 309 g/mol. The Hall–Kier alpha value is -0.550. The summed E-state index contributed by atoms with van der Waals surface area (Å²) in [6.45, 7) is 2.53. The molecule has 1 N–H and O–H groups in total. The van der Waals surface area contributed by atoms with Gasteiger partial charge >= 0.3 is 6.18 Å². The summed E-state index contributed by atoms with van der Waals surface area (Å²) < 4.78 is 37.5. The predicted octanol–water partition coefficient (Wildman–Crippen LogP) is 4.44. The SMILES string of the molecule is CCNC(CCC(F)(F)F)c1ccccc1Br. The zero-order chi connectivity index (χ0) is 12.9. The van der Waals surface area contributed by atoms with Gasteiger partial charge in [-0.3, -0.25) is 0 Å². The molecular weight excluding hydrogens is 295 g/mol. The first-order valence-corrected chi connectivity index (χ1v) is 6.28. The van der Waals surface area contributed by atoms with Crippen LogP contribution in [-0.4, -0.2) is 12.7 Å². The number of nitrogens with one attached hydrogen (secondary N) is 1. The minimum absolute atomic E-state index is 0.0555. The van der Waals surface area contributed by atoms with Crippen LogP contribution < -0.4 is 5.32 Å². The summed E-state index contributed by atoms with van der Waals surface area (Å²) in [5.74, 6) is 0. The van der Waals surface area contributed by atoms with E-state index in [9.17, 15) is 13.2 Å². The Morgan fingerprint density at radius 1 is 1.29 bits per heavy atom. The van der Waals surface area contributed by atoms with Crippen LogP contribution in [0.3, 0.4) is 0 Å². The minimum atomic E-state index is -4.10. The zero-order valence-corrected chi connectivity index (χ0v) is 11.1. The topological polar surface area (TPSA) is 12.0 Å². The van der Waals surface area contributed by atoms with E-state index in [4.69, 9.17) is 0 Å². The smallest absolute Gasteiger partial charge is 0.310 e. The molecule has 1 aromatic rings. The Kier molecular flexibility index (Phi) is 5.46. The van der Waals surface area contributed by atoms with Gasteiger partial charge in [-0.05, 0) is 24.6 Å². The van der Waals surface area contributed by atoms with Crippen LogP contribution in [0.1, 0.15) is 31.4 Å². The molecule has 0 aliphatic rings. The van der Waals surface area contributed by atoms with Crippen LogP contribution >= 0.6 is 15.9 Å². The van der Waals surface area contributed by atoms with Gasteiger partial charge < -0.3 is 5.32 Å². The van der Waals surface area contributed by atoms with Gasteiger partial charge in [0.15, 0.2) is 0 Å². The van der Waals surface area contributed by atoms with Crippen LogP contribution in [0.4, 0.5) is 13.2 Å². The molecule has 0 aliphatic carbocycles. The van der Waals surface area contributed by atoms with Crippen molar-refractivity contribution in [1.29, 1.82) is 0 Å². The van der Waals surface area contributed by atoms with Crippen molar-refractivity contribution < 1.29 is 13.2 Å². The largest absolute Gasteiger partial charge is 0.389 e. The number of hydrogen-bond acceptors (Lipinski definition) is 1. The number of alkyl halides is 3. The average molecular weight is 310 g/mol. The predicted molar refractivity (Wildman–Crippen MR) is 65.8 cm³/mol. The van der Waals surface area contributed by atoms with Gasteiger partial charge in [0, 0.05) is 16.9 Å². The fourth-order valence-electron chi connectivity index (χ4n) is 1.68. The molecule has 0 bridgehead atoms. The lowest BCUT2D eigenvalue weighted by molar-refractivity contribution is -0.136. The van der Waals surface area contributed by atoms with Crippen LogP contribution in [0.2, 0.25) is 0 Å². The maximum Gasteiger partial charge on any atom is 0.389 e. The second kappa shape index (κ2) is 6.40. The maximum atomic E-state index is 12.2. The quantitative estimate of drug-likeness (QED) is 0.847. The highest BCUT2D eigenvalue weighted by Crippen LogP contribution is 2.30. The number of rotatable bonds is 5. The molecule has 1 unspecified atom stereocenters. The fourth-order valence-corrected chi connectivity index (χ4v) is 2.24. The molecule has 0 saturated carbocycles. The molecule has 0 amide bonds. The summed E-state index contributed by atoms with van der Waals surface area (Å²) in [5, 5.41) is 3.08. The minimum Gasteiger partial charge on any atom is -0.310 e. The fraction of sp³-hybridized carbons (Fsp3) is 0.500. The van der Waals surface area contributed by atoms with Crippen molar-refractivity contribution in [2.45, 2.75) is 32.0 Å². The summed E-state index contributed by atoms with van der Waals surface area (Å²) >= 11 is 3.37. The highest BCUT2D eigenvalue weighted by Gasteiger charge is 2.28. The Labute approximate surface area is 108 Å². The lowest BCUT2D eigenvalue weighted by atomic mass is 10.0. The van der Waals surface area contributed by atoms with E-state index in [1.807, 2.05) is 31.2 Å². The van der Waals surface area contributed by atoms with Crippen molar-refractivity contribution in [1.82, 2.24) is 5.32 Å². The Morgan fingerprint density at radius 3 is 2.47 bits per heavy atom. The maximum absolute atomic E-state index is 12.2. The van der Waals surface area contributed by atoms with Crippen LogP contribution in [0.25, 0.3) is 0 Å². The third kappa shape index (κ3) is 5.08. The normalized spacial score (nSPS) is 13.7. The molecule has 5 heteroatoms. The van der Waals surface area contributed by atoms with Crippen molar-refractivity contribution in [2.24, 2.45) is 0 Å². The summed E-state index contributed by atoms with van der Waals surface area (Å²) in [4.78, 5) is 0. The average Bonchev–Trinajstić information content (AvgIpc) is 2.24. The van der Waals surface area contributed by atoms with E-state index in [-0.39, 0.29) is 12.5 Å². The third-order valence-electron chi connectivity index (χ3n) is 2.45. The molecule has 96 valence electrons. The summed E-state index contributed by atoms with van der Waals surface area (Å²) in [6, 6.07) is 7.09. The zero-order valence-electron chi connectivity index (χ0n) is 9.52. The highest BCUT2D eigenvalue weighted by atomic mass is 79.9. The van der Waals surface area contributed by atoms with Crippen LogP contribution in [0.5, 0.6) is 0 Å². The lowest BCUT2D eigenvalue weighted by Crippen LogP contribution is -2.23. The molecule has 0 saturated heterocycles. The van der Waals surface area contributed by atoms with Crippen molar-refractivity contribution in [3.63, 3.8) is 0 Å². The molecule has 0 spiro atoms. The van der Waals surface area contributed by atoms with E-state index in [1.165, 1.54) is 0 Å². The lowest BCUT2D eigenvalue weighted by Gasteiger charge is -2.20. The number of hydrogen-bond donors (Lipinski definition) is 1. The van der Waals surface area contributed by atoms with Gasteiger partial charge in [-0.1, -0.05) is 41.1 Å². The van der Waals surface area contributed by atoms with Gasteiger partial charge in [0.2, 0.25) is 0 Å². The van der Waals surface area contributed by atoms with E-state index in [0.717, 1.165) is 10.0 Å². The first-order valence-electron chi connectivity index (χ1n) is 5.48. The molecule has 1 rings (SSSR count). The molecule has 0 aromatic heterocycles. The van der Waals surface area contributed by atoms with Gasteiger partial charge in [0.05, 0.1) is 0 Å². The van der Waals surface area contributed by atoms with Crippen LogP contribution in [0, 0.1) is 0 Å². The Bertz CT molecular complexity index is 352. The van der Waals surface area contributed by atoms with Crippen molar-refractivity contribution >= 4 is 15.9 Å². The molecule has 0 radical (unpaired) electrons. The third-order valence-corrected chi connectivity index (χ3v) is 3.17. The molecule has 0 fully saturated rings. The number of halogens is 4. The van der Waals surface area contributed by atoms with E-state index >= 15 is 0 Å². The Morgan fingerprint density at radius 2 is 1.94 bits per heavy atom. The van der Waals surface area contributed by atoms with E-state index in [1.54, 1.807) is 0 Å². The van der Waals surface area contributed by atoms with E-state index in [2.05, 4.69) is 21.2 Å². The second-order valence-corrected chi connectivity index (χ2v) is 4.64. The molecular formula is C12H15BrF3N. The van der Waals surface area contributed by atoms with Gasteiger partial charge in [-0.15, -0.1) is 0 Å². The molecule has 0 heterocycles. The van der Waals surface area contributed by atoms with Gasteiger partial charge in [0.1, 0.15) is 0 Å². The van der Waals surface area contributed by atoms with Gasteiger partial charge in [-0.25, -0.2) is 0 Å². The second-order valence-electron chi connectivity index (χ2n) is 3.79.